The number of fused-ring (bicyclic) bond motifs is 1. The third-order valence-corrected chi connectivity index (χ3v) is 6.76. The molecule has 1 amide bonds. The van der Waals surface area contributed by atoms with Crippen LogP contribution in [0.4, 0.5) is 0 Å². The van der Waals surface area contributed by atoms with Crippen molar-refractivity contribution in [3.05, 3.63) is 59.4 Å². The van der Waals surface area contributed by atoms with Crippen molar-refractivity contribution in [2.45, 2.75) is 59.4 Å². The molecule has 0 bridgehead atoms. The van der Waals surface area contributed by atoms with Crippen molar-refractivity contribution in [1.82, 2.24) is 4.90 Å². The minimum atomic E-state index is 0.0970. The number of ether oxygens (including phenoxy) is 1. The number of methoxy groups -OCH3 is 1. The van der Waals surface area contributed by atoms with Crippen LogP contribution in [0.15, 0.2) is 47.1 Å². The minimum Gasteiger partial charge on any atom is -0.496 e. The first-order valence-electron chi connectivity index (χ1n) is 11.6. The van der Waals surface area contributed by atoms with Gasteiger partial charge in [0, 0.05) is 40.7 Å². The van der Waals surface area contributed by atoms with Crippen molar-refractivity contribution < 1.29 is 13.9 Å². The molecule has 1 fully saturated rings. The molecule has 3 aromatic rings. The first-order chi connectivity index (χ1) is 15.4. The summed E-state index contributed by atoms with van der Waals surface area (Å²) in [7, 11) is 1.67. The van der Waals surface area contributed by atoms with Crippen LogP contribution in [-0.2, 0) is 4.79 Å². The first kappa shape index (κ1) is 22.2. The van der Waals surface area contributed by atoms with Crippen LogP contribution < -0.4 is 4.74 Å². The lowest BCUT2D eigenvalue weighted by atomic mass is 9.95. The molecule has 0 radical (unpaired) electrons. The molecule has 1 saturated heterocycles. The molecular formula is C28H33NO3. The molecule has 2 heterocycles. The summed E-state index contributed by atoms with van der Waals surface area (Å²) in [5, 5.41) is 1.03. The van der Waals surface area contributed by atoms with Crippen molar-refractivity contribution in [2.24, 2.45) is 0 Å². The number of carbonyl (C=O) groups excluding carboxylic acids is 1. The zero-order valence-electron chi connectivity index (χ0n) is 19.8. The number of amides is 1. The van der Waals surface area contributed by atoms with E-state index in [1.54, 1.807) is 13.2 Å². The molecule has 2 aromatic carbocycles. The number of likely N-dealkylation sites (tertiary alicyclic amines) is 1. The predicted octanol–water partition coefficient (Wildman–Crippen LogP) is 6.92. The van der Waals surface area contributed by atoms with Crippen molar-refractivity contribution in [3.8, 4) is 16.9 Å². The average molecular weight is 432 g/mol. The lowest BCUT2D eigenvalue weighted by Crippen LogP contribution is -2.42. The van der Waals surface area contributed by atoms with Gasteiger partial charge in [0.2, 0.25) is 5.91 Å². The van der Waals surface area contributed by atoms with E-state index in [9.17, 15) is 4.79 Å². The fourth-order valence-corrected chi connectivity index (χ4v) is 4.89. The van der Waals surface area contributed by atoms with Gasteiger partial charge in [0.1, 0.15) is 11.3 Å². The number of rotatable bonds is 5. The van der Waals surface area contributed by atoms with Gasteiger partial charge < -0.3 is 14.1 Å². The summed E-state index contributed by atoms with van der Waals surface area (Å²) in [5.74, 6) is 0.856. The Morgan fingerprint density at radius 3 is 2.66 bits per heavy atom. The number of allylic oxidation sites excluding steroid dienone is 1. The number of benzene rings is 2. The first-order valence-corrected chi connectivity index (χ1v) is 11.6. The van der Waals surface area contributed by atoms with E-state index >= 15 is 0 Å². The quantitative estimate of drug-likeness (QED) is 0.412. The Morgan fingerprint density at radius 1 is 1.22 bits per heavy atom. The molecule has 4 heteroatoms. The van der Waals surface area contributed by atoms with Gasteiger partial charge in [-0.05, 0) is 63.7 Å². The van der Waals surface area contributed by atoms with Crippen molar-refractivity contribution in [1.29, 1.82) is 0 Å². The molecular weight excluding hydrogens is 398 g/mol. The van der Waals surface area contributed by atoms with Crippen LogP contribution in [0.2, 0.25) is 0 Å². The Balaban J connectivity index is 1.78. The molecule has 1 aromatic heterocycles. The van der Waals surface area contributed by atoms with Crippen LogP contribution in [-0.4, -0.2) is 30.5 Å². The number of nitrogens with zero attached hydrogens (tertiary/aromatic N) is 1. The Labute approximate surface area is 190 Å². The van der Waals surface area contributed by atoms with E-state index in [2.05, 4.69) is 44.2 Å². The van der Waals surface area contributed by atoms with Gasteiger partial charge in [-0.25, -0.2) is 0 Å². The largest absolute Gasteiger partial charge is 0.496 e. The summed E-state index contributed by atoms with van der Waals surface area (Å²) in [6, 6.07) is 10.9. The monoisotopic (exact) mass is 431 g/mol. The summed E-state index contributed by atoms with van der Waals surface area (Å²) < 4.78 is 11.8. The molecule has 4 rings (SSSR count). The SMILES string of the molecule is CCC1CCCCN1C(=O)/C=C(\C)c1cc2c(-c3ccc(C)cc3)coc2c(C)c1OC. The number of hydrogen-bond donors (Lipinski definition) is 0. The highest BCUT2D eigenvalue weighted by Crippen LogP contribution is 2.40. The zero-order chi connectivity index (χ0) is 22.8. The molecule has 0 saturated carbocycles. The number of carbonyl (C=O) groups is 1. The van der Waals surface area contributed by atoms with Crippen molar-refractivity contribution in [2.75, 3.05) is 13.7 Å². The van der Waals surface area contributed by atoms with Crippen LogP contribution in [0.25, 0.3) is 27.7 Å². The highest BCUT2D eigenvalue weighted by atomic mass is 16.5. The lowest BCUT2D eigenvalue weighted by molar-refractivity contribution is -0.129. The normalized spacial score (nSPS) is 17.1. The number of piperidine rings is 1. The van der Waals surface area contributed by atoms with Crippen LogP contribution in [0.3, 0.4) is 0 Å². The third kappa shape index (κ3) is 4.06. The van der Waals surface area contributed by atoms with Crippen molar-refractivity contribution >= 4 is 22.4 Å². The second-order valence-corrected chi connectivity index (χ2v) is 8.89. The molecule has 1 atom stereocenters. The summed E-state index contributed by atoms with van der Waals surface area (Å²) in [6.45, 7) is 9.10. The Hall–Kier alpha value is -3.01. The second-order valence-electron chi connectivity index (χ2n) is 8.89. The van der Waals surface area contributed by atoms with E-state index in [1.165, 1.54) is 12.0 Å². The highest BCUT2D eigenvalue weighted by molar-refractivity contribution is 6.01. The Bertz CT molecular complexity index is 1150. The zero-order valence-corrected chi connectivity index (χ0v) is 19.8. The molecule has 0 N–H and O–H groups in total. The maximum Gasteiger partial charge on any atom is 0.247 e. The van der Waals surface area contributed by atoms with Crippen LogP contribution in [0.1, 0.15) is 56.2 Å². The van der Waals surface area contributed by atoms with Gasteiger partial charge in [-0.15, -0.1) is 0 Å². The summed E-state index contributed by atoms with van der Waals surface area (Å²) in [6.07, 6.45) is 7.98. The molecule has 0 aliphatic carbocycles. The highest BCUT2D eigenvalue weighted by Gasteiger charge is 2.25. The fraction of sp³-hybridized carbons (Fsp3) is 0.393. The van der Waals surface area contributed by atoms with E-state index in [1.807, 2.05) is 25.0 Å². The maximum absolute atomic E-state index is 13.2. The van der Waals surface area contributed by atoms with Crippen LogP contribution >= 0.6 is 0 Å². The van der Waals surface area contributed by atoms with E-state index in [4.69, 9.17) is 9.15 Å². The van der Waals surface area contributed by atoms with Gasteiger partial charge in [-0.1, -0.05) is 36.8 Å². The molecule has 1 aliphatic rings. The van der Waals surface area contributed by atoms with Crippen molar-refractivity contribution in [3.63, 3.8) is 0 Å². The van der Waals surface area contributed by atoms with Gasteiger partial charge >= 0.3 is 0 Å². The van der Waals surface area contributed by atoms with Gasteiger partial charge in [0.05, 0.1) is 13.4 Å². The van der Waals surface area contributed by atoms with Gasteiger partial charge in [0.15, 0.2) is 0 Å². The third-order valence-electron chi connectivity index (χ3n) is 6.76. The topological polar surface area (TPSA) is 42.7 Å². The smallest absolute Gasteiger partial charge is 0.247 e. The predicted molar refractivity (Wildman–Crippen MR) is 131 cm³/mol. The van der Waals surface area contributed by atoms with Gasteiger partial charge in [0.25, 0.3) is 0 Å². The van der Waals surface area contributed by atoms with E-state index in [-0.39, 0.29) is 5.91 Å². The van der Waals surface area contributed by atoms with E-state index in [0.717, 1.165) is 70.4 Å². The van der Waals surface area contributed by atoms with Gasteiger partial charge in [-0.3, -0.25) is 4.79 Å². The standard InChI is InChI=1S/C28H33NO3/c1-6-22-9-7-8-14-29(22)26(30)15-19(3)23-16-24-25(21-12-10-18(2)11-13-21)17-32-28(24)20(4)27(23)31-5/h10-13,15-17,22H,6-9,14H2,1-5H3/b19-15+. The Morgan fingerprint density at radius 2 is 1.97 bits per heavy atom. The van der Waals surface area contributed by atoms with E-state index < -0.39 is 0 Å². The molecule has 32 heavy (non-hydrogen) atoms. The average Bonchev–Trinajstić information content (AvgIpc) is 3.23. The summed E-state index contributed by atoms with van der Waals surface area (Å²) in [4.78, 5) is 15.2. The summed E-state index contributed by atoms with van der Waals surface area (Å²) >= 11 is 0. The lowest BCUT2D eigenvalue weighted by Gasteiger charge is -2.34. The number of furan rings is 1. The molecule has 4 nitrogen and oxygen atoms in total. The number of hydrogen-bond acceptors (Lipinski definition) is 3. The van der Waals surface area contributed by atoms with Gasteiger partial charge in [-0.2, -0.15) is 0 Å². The Kier molecular flexibility index (Phi) is 6.40. The molecule has 0 spiro atoms. The fourth-order valence-electron chi connectivity index (χ4n) is 4.89. The summed E-state index contributed by atoms with van der Waals surface area (Å²) in [5.41, 5.74) is 7.00. The molecule has 168 valence electrons. The second kappa shape index (κ2) is 9.23. The minimum absolute atomic E-state index is 0.0970. The molecule has 1 unspecified atom stereocenters. The van der Waals surface area contributed by atoms with E-state index in [0.29, 0.717) is 6.04 Å². The molecule has 1 aliphatic heterocycles. The van der Waals surface area contributed by atoms with Crippen LogP contribution in [0.5, 0.6) is 5.75 Å². The maximum atomic E-state index is 13.2. The van der Waals surface area contributed by atoms with Crippen LogP contribution in [0, 0.1) is 13.8 Å². The number of aryl methyl sites for hydroxylation is 2.